The van der Waals surface area contributed by atoms with Crippen LogP contribution in [0.5, 0.6) is 0 Å². The number of unbranched alkanes of at least 4 members (excludes halogenated alkanes) is 43. The molecule has 0 aliphatic rings. The first kappa shape index (κ1) is 78.8. The van der Waals surface area contributed by atoms with Crippen molar-refractivity contribution in [3.05, 3.63) is 72.9 Å². The van der Waals surface area contributed by atoms with Gasteiger partial charge in [-0.15, -0.1) is 0 Å². The predicted molar refractivity (Wildman–Crippen MR) is 358 cm³/mol. The quantitative estimate of drug-likeness (QED) is 0.0261. The molecule has 0 amide bonds. The molecule has 82 heavy (non-hydrogen) atoms. The van der Waals surface area contributed by atoms with Crippen LogP contribution in [-0.2, 0) is 28.6 Å². The van der Waals surface area contributed by atoms with E-state index in [9.17, 15) is 14.4 Å². The normalized spacial score (nSPS) is 12.5. The molecule has 0 rings (SSSR count). The van der Waals surface area contributed by atoms with Gasteiger partial charge in [0.05, 0.1) is 0 Å². The maximum absolute atomic E-state index is 12.9. The minimum atomic E-state index is -0.771. The summed E-state index contributed by atoms with van der Waals surface area (Å²) in [4.78, 5) is 38.3. The summed E-state index contributed by atoms with van der Waals surface area (Å²) in [5.74, 6) is -0.846. The maximum Gasteiger partial charge on any atom is 0.306 e. The van der Waals surface area contributed by atoms with Crippen molar-refractivity contribution in [3.8, 4) is 0 Å². The summed E-state index contributed by atoms with van der Waals surface area (Å²) in [7, 11) is 0. The first-order valence-corrected chi connectivity index (χ1v) is 35.9. The topological polar surface area (TPSA) is 78.9 Å². The molecular formula is C76H136O6. The lowest BCUT2D eigenvalue weighted by atomic mass is 10.0. The molecule has 476 valence electrons. The van der Waals surface area contributed by atoms with Crippen LogP contribution in [0.1, 0.15) is 374 Å². The molecular weight excluding hydrogens is 1010 g/mol. The Morgan fingerprint density at radius 1 is 0.256 bits per heavy atom. The highest BCUT2D eigenvalue weighted by atomic mass is 16.6. The molecule has 0 bridgehead atoms. The Kier molecular flexibility index (Phi) is 67.6. The predicted octanol–water partition coefficient (Wildman–Crippen LogP) is 24.8. The lowest BCUT2D eigenvalue weighted by Gasteiger charge is -2.18. The molecule has 0 saturated heterocycles. The molecule has 0 spiro atoms. The summed E-state index contributed by atoms with van der Waals surface area (Å²) in [5.41, 5.74) is 0. The Labute approximate surface area is 510 Å². The van der Waals surface area contributed by atoms with E-state index in [4.69, 9.17) is 14.2 Å². The van der Waals surface area contributed by atoms with Crippen molar-refractivity contribution < 1.29 is 28.6 Å². The van der Waals surface area contributed by atoms with Crippen molar-refractivity contribution in [2.45, 2.75) is 380 Å². The molecule has 1 unspecified atom stereocenters. The van der Waals surface area contributed by atoms with Crippen molar-refractivity contribution in [1.82, 2.24) is 0 Å². The van der Waals surface area contributed by atoms with Gasteiger partial charge in [-0.1, -0.05) is 357 Å². The number of ether oxygens (including phenoxy) is 3. The van der Waals surface area contributed by atoms with Gasteiger partial charge in [0.15, 0.2) is 6.10 Å². The Bertz CT molecular complexity index is 1500. The zero-order valence-corrected chi connectivity index (χ0v) is 54.8. The van der Waals surface area contributed by atoms with Crippen LogP contribution >= 0.6 is 0 Å². The van der Waals surface area contributed by atoms with Gasteiger partial charge in [0, 0.05) is 19.3 Å². The summed E-state index contributed by atoms with van der Waals surface area (Å²) in [6, 6.07) is 0. The van der Waals surface area contributed by atoms with Gasteiger partial charge in [0.25, 0.3) is 0 Å². The Morgan fingerprint density at radius 2 is 0.476 bits per heavy atom. The number of hydrogen-bond acceptors (Lipinski definition) is 6. The summed E-state index contributed by atoms with van der Waals surface area (Å²) >= 11 is 0. The number of rotatable bonds is 66. The number of allylic oxidation sites excluding steroid dienone is 12. The van der Waals surface area contributed by atoms with Gasteiger partial charge >= 0.3 is 17.9 Å². The van der Waals surface area contributed by atoms with Gasteiger partial charge in [-0.05, 0) is 70.6 Å². The van der Waals surface area contributed by atoms with Gasteiger partial charge < -0.3 is 14.2 Å². The molecule has 0 aliphatic carbocycles. The fraction of sp³-hybridized carbons (Fsp3) is 0.803. The molecule has 6 nitrogen and oxygen atoms in total. The van der Waals surface area contributed by atoms with E-state index in [1.807, 2.05) is 0 Å². The molecule has 1 atom stereocenters. The molecule has 0 aromatic carbocycles. The van der Waals surface area contributed by atoms with Crippen LogP contribution in [0.4, 0.5) is 0 Å². The van der Waals surface area contributed by atoms with Crippen LogP contribution in [0.2, 0.25) is 0 Å². The number of carbonyl (C=O) groups is 3. The zero-order valence-electron chi connectivity index (χ0n) is 54.8. The summed E-state index contributed by atoms with van der Waals surface area (Å²) in [6.45, 7) is 6.57. The summed E-state index contributed by atoms with van der Waals surface area (Å²) < 4.78 is 17.0. The number of esters is 3. The van der Waals surface area contributed by atoms with E-state index in [0.717, 1.165) is 96.3 Å². The van der Waals surface area contributed by atoms with Crippen LogP contribution < -0.4 is 0 Å². The summed E-state index contributed by atoms with van der Waals surface area (Å²) in [6.07, 6.45) is 92.3. The van der Waals surface area contributed by atoms with Gasteiger partial charge in [0.1, 0.15) is 13.2 Å². The molecule has 0 N–H and O–H groups in total. The minimum absolute atomic E-state index is 0.0682. The molecule has 0 heterocycles. The average molecular weight is 1150 g/mol. The highest BCUT2D eigenvalue weighted by Crippen LogP contribution is 2.18. The molecule has 0 aromatic heterocycles. The third-order valence-electron chi connectivity index (χ3n) is 16.0. The van der Waals surface area contributed by atoms with Crippen LogP contribution in [-0.4, -0.2) is 37.2 Å². The number of carbonyl (C=O) groups excluding carboxylic acids is 3. The second kappa shape index (κ2) is 70.3. The average Bonchev–Trinajstić information content (AvgIpc) is 3.48. The molecule has 0 aliphatic heterocycles. The van der Waals surface area contributed by atoms with Crippen molar-refractivity contribution in [2.24, 2.45) is 0 Å². The first-order valence-electron chi connectivity index (χ1n) is 35.9. The van der Waals surface area contributed by atoms with Crippen LogP contribution in [0.15, 0.2) is 72.9 Å². The van der Waals surface area contributed by atoms with E-state index in [0.29, 0.717) is 19.3 Å². The van der Waals surface area contributed by atoms with Crippen molar-refractivity contribution in [3.63, 3.8) is 0 Å². The SMILES string of the molecule is CC/C=C\C/C=C\C/C=C\C/C=C\C/C=C\C/C=C\CCCCCCCCCCCCCCCCC(=O)OCC(COC(=O)CCCCCCCCCCCC)OC(=O)CCCCCCCCCCCCCCCCCCCCCCC. The molecule has 6 heteroatoms. The fourth-order valence-electron chi connectivity index (χ4n) is 10.6. The van der Waals surface area contributed by atoms with E-state index in [1.165, 1.54) is 238 Å². The lowest BCUT2D eigenvalue weighted by Crippen LogP contribution is -2.30. The van der Waals surface area contributed by atoms with Gasteiger partial charge in [-0.2, -0.15) is 0 Å². The van der Waals surface area contributed by atoms with Crippen LogP contribution in [0.3, 0.4) is 0 Å². The molecule has 0 aromatic rings. The fourth-order valence-corrected chi connectivity index (χ4v) is 10.6. The van der Waals surface area contributed by atoms with Crippen molar-refractivity contribution >= 4 is 17.9 Å². The van der Waals surface area contributed by atoms with E-state index in [1.54, 1.807) is 0 Å². The third kappa shape index (κ3) is 67.6. The zero-order chi connectivity index (χ0) is 59.2. The standard InChI is InChI=1S/C76H136O6/c1-4-7-10-13-16-19-22-24-26-28-30-32-33-34-35-36-37-38-39-40-41-42-43-45-46-48-50-52-54-57-60-63-66-69-75(78)81-72-73(71-80-74(77)68-65-62-59-56-21-18-15-12-9-6-3)82-76(79)70-67-64-61-58-55-53-51-49-47-44-31-29-27-25-23-20-17-14-11-8-5-2/h7,10,16,19,24,26,30,32,34-35,37-38,73H,4-6,8-9,11-15,17-18,20-23,25,27-29,31,33,36,39-72H2,1-3H3/b10-7-,19-16-,26-24-,32-30-,35-34-,38-37-. The van der Waals surface area contributed by atoms with Crippen LogP contribution in [0, 0.1) is 0 Å². The lowest BCUT2D eigenvalue weighted by molar-refractivity contribution is -0.167. The second-order valence-electron chi connectivity index (χ2n) is 24.1. The van der Waals surface area contributed by atoms with Gasteiger partial charge in [-0.25, -0.2) is 0 Å². The summed E-state index contributed by atoms with van der Waals surface area (Å²) in [5, 5.41) is 0. The molecule has 0 saturated carbocycles. The van der Waals surface area contributed by atoms with E-state index in [2.05, 4.69) is 93.7 Å². The highest BCUT2D eigenvalue weighted by molar-refractivity contribution is 5.71. The number of hydrogen-bond donors (Lipinski definition) is 0. The first-order chi connectivity index (χ1) is 40.5. The largest absolute Gasteiger partial charge is 0.462 e. The Balaban J connectivity index is 4.12. The minimum Gasteiger partial charge on any atom is -0.462 e. The maximum atomic E-state index is 12.9. The van der Waals surface area contributed by atoms with Gasteiger partial charge in [-0.3, -0.25) is 14.4 Å². The van der Waals surface area contributed by atoms with Crippen molar-refractivity contribution in [2.75, 3.05) is 13.2 Å². The third-order valence-corrected chi connectivity index (χ3v) is 16.0. The molecule has 0 radical (unpaired) electrons. The monoisotopic (exact) mass is 1150 g/mol. The highest BCUT2D eigenvalue weighted by Gasteiger charge is 2.19. The second-order valence-corrected chi connectivity index (χ2v) is 24.1. The van der Waals surface area contributed by atoms with Crippen molar-refractivity contribution in [1.29, 1.82) is 0 Å². The Hall–Kier alpha value is -3.15. The van der Waals surface area contributed by atoms with E-state index < -0.39 is 6.10 Å². The Morgan fingerprint density at radius 3 is 0.744 bits per heavy atom. The van der Waals surface area contributed by atoms with E-state index in [-0.39, 0.29) is 31.1 Å². The smallest absolute Gasteiger partial charge is 0.306 e. The van der Waals surface area contributed by atoms with E-state index >= 15 is 0 Å². The molecule has 0 fully saturated rings. The van der Waals surface area contributed by atoms with Crippen LogP contribution in [0.25, 0.3) is 0 Å². The van der Waals surface area contributed by atoms with Gasteiger partial charge in [0.2, 0.25) is 0 Å².